The summed E-state index contributed by atoms with van der Waals surface area (Å²) in [6.07, 6.45) is 0.288. The van der Waals surface area contributed by atoms with E-state index in [9.17, 15) is 23.1 Å². The maximum atomic E-state index is 12.7. The maximum absolute atomic E-state index is 12.7. The van der Waals surface area contributed by atoms with Crippen LogP contribution in [0.2, 0.25) is 0 Å². The molecule has 0 aliphatic heterocycles. The molecule has 34 heavy (non-hydrogen) atoms. The number of aliphatic carboxylic acids is 1. The van der Waals surface area contributed by atoms with Crippen molar-refractivity contribution in [3.63, 3.8) is 0 Å². The number of para-hydroxylation sites is 2. The molecule has 0 bridgehead atoms. The Labute approximate surface area is 196 Å². The second kappa shape index (κ2) is 11.4. The van der Waals surface area contributed by atoms with Gasteiger partial charge in [0.15, 0.2) is 11.5 Å². The van der Waals surface area contributed by atoms with E-state index in [0.29, 0.717) is 34.8 Å². The third-order valence-corrected chi connectivity index (χ3v) is 5.10. The summed E-state index contributed by atoms with van der Waals surface area (Å²) in [6.45, 7) is 2.12. The number of hydrogen-bond acceptors (Lipinski definition) is 3. The minimum absolute atomic E-state index is 0.180. The Balaban J connectivity index is 1.66. The summed E-state index contributed by atoms with van der Waals surface area (Å²) >= 11 is 0. The minimum atomic E-state index is -4.36. The number of halogens is 3. The van der Waals surface area contributed by atoms with E-state index in [4.69, 9.17) is 9.47 Å². The lowest BCUT2D eigenvalue weighted by Crippen LogP contribution is -2.11. The van der Waals surface area contributed by atoms with Gasteiger partial charge in [-0.15, -0.1) is 0 Å². The predicted molar refractivity (Wildman–Crippen MR) is 124 cm³/mol. The molecule has 4 nitrogen and oxygen atoms in total. The van der Waals surface area contributed by atoms with Crippen LogP contribution in [0.3, 0.4) is 0 Å². The van der Waals surface area contributed by atoms with Gasteiger partial charge >= 0.3 is 12.1 Å². The van der Waals surface area contributed by atoms with Crippen LogP contribution in [0, 0.1) is 0 Å². The minimum Gasteiger partial charge on any atom is -0.486 e. The third-order valence-electron chi connectivity index (χ3n) is 5.10. The molecular formula is C27H25F3O4. The molecule has 0 aliphatic rings. The van der Waals surface area contributed by atoms with Crippen LogP contribution < -0.4 is 9.47 Å². The largest absolute Gasteiger partial charge is 0.486 e. The molecule has 0 saturated heterocycles. The first-order chi connectivity index (χ1) is 16.3. The van der Waals surface area contributed by atoms with Crippen molar-refractivity contribution in [3.8, 4) is 17.2 Å². The van der Waals surface area contributed by atoms with Gasteiger partial charge in [-0.25, -0.2) is 0 Å². The van der Waals surface area contributed by atoms with Gasteiger partial charge in [0.25, 0.3) is 0 Å². The number of ether oxygens (including phenoxy) is 2. The van der Waals surface area contributed by atoms with Crippen molar-refractivity contribution >= 4 is 12.0 Å². The summed E-state index contributed by atoms with van der Waals surface area (Å²) in [4.78, 5) is 11.6. The highest BCUT2D eigenvalue weighted by atomic mass is 19.4. The van der Waals surface area contributed by atoms with Crippen LogP contribution in [-0.2, 0) is 11.0 Å². The predicted octanol–water partition coefficient (Wildman–Crippen LogP) is 7.56. The van der Waals surface area contributed by atoms with Crippen molar-refractivity contribution in [3.05, 3.63) is 95.6 Å². The van der Waals surface area contributed by atoms with Gasteiger partial charge in [-0.05, 0) is 60.0 Å². The Morgan fingerprint density at radius 3 is 2.35 bits per heavy atom. The van der Waals surface area contributed by atoms with Crippen LogP contribution in [0.4, 0.5) is 13.2 Å². The first-order valence-corrected chi connectivity index (χ1v) is 10.8. The molecule has 0 saturated carbocycles. The molecule has 1 unspecified atom stereocenters. The van der Waals surface area contributed by atoms with Gasteiger partial charge in [0.2, 0.25) is 0 Å². The van der Waals surface area contributed by atoms with Gasteiger partial charge in [0.05, 0.1) is 11.5 Å². The fourth-order valence-electron chi connectivity index (χ4n) is 3.40. The second-order valence-corrected chi connectivity index (χ2v) is 7.63. The van der Waals surface area contributed by atoms with Crippen LogP contribution in [0.5, 0.6) is 17.2 Å². The Kier molecular flexibility index (Phi) is 8.35. The second-order valence-electron chi connectivity index (χ2n) is 7.63. The van der Waals surface area contributed by atoms with Crippen molar-refractivity contribution < 1.29 is 32.5 Å². The molecule has 7 heteroatoms. The van der Waals surface area contributed by atoms with Crippen LogP contribution in [0.25, 0.3) is 6.08 Å². The van der Waals surface area contributed by atoms with Crippen LogP contribution in [-0.4, -0.2) is 17.7 Å². The van der Waals surface area contributed by atoms with E-state index < -0.39 is 23.6 Å². The van der Waals surface area contributed by atoms with Crippen molar-refractivity contribution in [1.82, 2.24) is 0 Å². The molecule has 178 valence electrons. The van der Waals surface area contributed by atoms with E-state index in [1.54, 1.807) is 60.7 Å². The Morgan fingerprint density at radius 2 is 1.71 bits per heavy atom. The number of alkyl halides is 3. The molecule has 0 aliphatic carbocycles. The van der Waals surface area contributed by atoms with Crippen LogP contribution in [0.15, 0.2) is 78.9 Å². The molecule has 0 heterocycles. The van der Waals surface area contributed by atoms with Crippen molar-refractivity contribution in [1.29, 1.82) is 0 Å². The Hall–Kier alpha value is -3.74. The third kappa shape index (κ3) is 6.88. The van der Waals surface area contributed by atoms with E-state index >= 15 is 0 Å². The summed E-state index contributed by atoms with van der Waals surface area (Å²) < 4.78 is 49.7. The van der Waals surface area contributed by atoms with Gasteiger partial charge < -0.3 is 14.6 Å². The zero-order valence-corrected chi connectivity index (χ0v) is 18.6. The summed E-state index contributed by atoms with van der Waals surface area (Å²) in [6, 6.07) is 18.9. The summed E-state index contributed by atoms with van der Waals surface area (Å²) in [5.74, 6) is -0.0348. The van der Waals surface area contributed by atoms with E-state index in [1.165, 1.54) is 12.1 Å². The Morgan fingerprint density at radius 1 is 1.00 bits per heavy atom. The summed E-state index contributed by atoms with van der Waals surface area (Å²) in [7, 11) is 0. The fraction of sp³-hybridized carbons (Fsp3) is 0.222. The van der Waals surface area contributed by atoms with E-state index in [-0.39, 0.29) is 6.61 Å². The standard InChI is InChI=1S/C27H25F3O4/c1-2-7-23(26(31)32)20-9-5-10-22(18-20)34-25-12-4-3-11-24(25)33-17-6-8-19-13-15-21(16-14-19)27(28,29)30/h3-6,8-16,18,23H,2,7,17H2,1H3,(H,31,32)/b8-6+. The highest BCUT2D eigenvalue weighted by Gasteiger charge is 2.29. The molecule has 1 atom stereocenters. The van der Waals surface area contributed by atoms with Crippen molar-refractivity contribution in [2.45, 2.75) is 31.9 Å². The molecule has 0 radical (unpaired) electrons. The highest BCUT2D eigenvalue weighted by molar-refractivity contribution is 5.76. The van der Waals surface area contributed by atoms with Gasteiger partial charge in [-0.1, -0.05) is 55.8 Å². The molecule has 0 spiro atoms. The molecule has 0 aromatic heterocycles. The average Bonchev–Trinajstić information content (AvgIpc) is 2.81. The van der Waals surface area contributed by atoms with Crippen molar-refractivity contribution in [2.24, 2.45) is 0 Å². The van der Waals surface area contributed by atoms with Crippen LogP contribution in [0.1, 0.15) is 42.4 Å². The molecular weight excluding hydrogens is 445 g/mol. The Bertz CT molecular complexity index is 1120. The lowest BCUT2D eigenvalue weighted by Gasteiger charge is -2.15. The van der Waals surface area contributed by atoms with E-state index in [0.717, 1.165) is 18.6 Å². The molecule has 0 amide bonds. The lowest BCUT2D eigenvalue weighted by molar-refractivity contribution is -0.139. The normalized spacial score (nSPS) is 12.5. The molecule has 3 aromatic carbocycles. The summed E-state index contributed by atoms with van der Waals surface area (Å²) in [5.41, 5.74) is 0.600. The first kappa shape index (κ1) is 24.9. The van der Waals surface area contributed by atoms with E-state index in [1.807, 2.05) is 6.92 Å². The number of carboxylic acid groups (broad SMARTS) is 1. The SMILES string of the molecule is CCCC(C(=O)O)c1cccc(Oc2ccccc2OC/C=C/c2ccc(C(F)(F)F)cc2)c1. The van der Waals surface area contributed by atoms with Crippen molar-refractivity contribution in [2.75, 3.05) is 6.61 Å². The zero-order chi connectivity index (χ0) is 24.6. The fourth-order valence-corrected chi connectivity index (χ4v) is 3.40. The maximum Gasteiger partial charge on any atom is 0.416 e. The van der Waals surface area contributed by atoms with E-state index in [2.05, 4.69) is 0 Å². The van der Waals surface area contributed by atoms with Gasteiger partial charge in [0, 0.05) is 0 Å². The molecule has 1 N–H and O–H groups in total. The topological polar surface area (TPSA) is 55.8 Å². The quantitative estimate of drug-likeness (QED) is 0.332. The molecule has 3 rings (SSSR count). The number of benzene rings is 3. The first-order valence-electron chi connectivity index (χ1n) is 10.8. The molecule has 0 fully saturated rings. The zero-order valence-electron chi connectivity index (χ0n) is 18.6. The summed E-state index contributed by atoms with van der Waals surface area (Å²) in [5, 5.41) is 9.52. The average molecular weight is 470 g/mol. The molecule has 3 aromatic rings. The van der Waals surface area contributed by atoms with Gasteiger partial charge in [-0.3, -0.25) is 4.79 Å². The number of carboxylic acids is 1. The highest BCUT2D eigenvalue weighted by Crippen LogP contribution is 2.33. The monoisotopic (exact) mass is 470 g/mol. The number of hydrogen-bond donors (Lipinski definition) is 1. The number of rotatable bonds is 10. The number of carbonyl (C=O) groups is 1. The van der Waals surface area contributed by atoms with Gasteiger partial charge in [0.1, 0.15) is 12.4 Å². The smallest absolute Gasteiger partial charge is 0.416 e. The lowest BCUT2D eigenvalue weighted by atomic mass is 9.94. The van der Waals surface area contributed by atoms with Gasteiger partial charge in [-0.2, -0.15) is 13.2 Å². The van der Waals surface area contributed by atoms with Crippen LogP contribution >= 0.6 is 0 Å².